The Balaban J connectivity index is 2.15. The third kappa shape index (κ3) is 1.88. The number of carbonyl (C=O) groups is 1. The molecule has 2 aromatic carbocycles. The molecule has 0 bridgehead atoms. The van der Waals surface area contributed by atoms with Gasteiger partial charge in [-0.05, 0) is 41.7 Å². The van der Waals surface area contributed by atoms with Crippen LogP contribution in [0.25, 0.3) is 5.57 Å². The van der Waals surface area contributed by atoms with Crippen LogP contribution in [0.5, 0.6) is 11.5 Å². The summed E-state index contributed by atoms with van der Waals surface area (Å²) < 4.78 is 0. The van der Waals surface area contributed by atoms with E-state index in [2.05, 4.69) is 0 Å². The van der Waals surface area contributed by atoms with Crippen molar-refractivity contribution < 1.29 is 15.0 Å². The molecule has 0 aromatic heterocycles. The van der Waals surface area contributed by atoms with E-state index in [9.17, 15) is 15.0 Å². The summed E-state index contributed by atoms with van der Waals surface area (Å²) in [5, 5.41) is 19.7. The Morgan fingerprint density at radius 2 is 1.75 bits per heavy atom. The highest BCUT2D eigenvalue weighted by molar-refractivity contribution is 6.13. The minimum Gasteiger partial charge on any atom is -0.508 e. The maximum atomic E-state index is 12.2. The highest BCUT2D eigenvalue weighted by Crippen LogP contribution is 2.38. The Labute approximate surface area is 116 Å². The molecule has 1 aliphatic carbocycles. The van der Waals surface area contributed by atoms with E-state index in [-0.39, 0.29) is 17.3 Å². The third-order valence-corrected chi connectivity index (χ3v) is 3.73. The molecule has 100 valence electrons. The van der Waals surface area contributed by atoms with E-state index in [1.807, 2.05) is 30.3 Å². The van der Waals surface area contributed by atoms with Gasteiger partial charge in [0.05, 0.1) is 5.56 Å². The molecule has 0 saturated heterocycles. The van der Waals surface area contributed by atoms with Crippen LogP contribution in [0.1, 0.15) is 27.0 Å². The Bertz CT molecular complexity index is 728. The second-order valence-electron chi connectivity index (χ2n) is 4.97. The average molecular weight is 266 g/mol. The fourth-order valence-corrected chi connectivity index (χ4v) is 2.61. The van der Waals surface area contributed by atoms with Gasteiger partial charge in [0.2, 0.25) is 0 Å². The molecule has 3 nitrogen and oxygen atoms in total. The standard InChI is InChI=1S/C17H14O3/c1-10-13-7-12(11-5-3-2-4-6-11)8-15(19)17(13)16(20)9-14(10)18/h2-6,8-9,18,20H,7H2,1H3. The van der Waals surface area contributed by atoms with Crippen LogP contribution in [0.15, 0.2) is 42.5 Å². The number of fused-ring (bicyclic) bond motifs is 1. The lowest BCUT2D eigenvalue weighted by Gasteiger charge is -2.20. The van der Waals surface area contributed by atoms with E-state index in [1.54, 1.807) is 13.0 Å². The Kier molecular flexibility index (Phi) is 2.83. The number of phenols is 2. The maximum Gasteiger partial charge on any atom is 0.190 e. The minimum absolute atomic E-state index is 0.0170. The number of allylic oxidation sites excluding steroid dienone is 2. The van der Waals surface area contributed by atoms with Crippen LogP contribution >= 0.6 is 0 Å². The second kappa shape index (κ2) is 4.53. The summed E-state index contributed by atoms with van der Waals surface area (Å²) in [6.07, 6.45) is 2.09. The van der Waals surface area contributed by atoms with Crippen LogP contribution in [-0.2, 0) is 6.42 Å². The normalized spacial score (nSPS) is 13.8. The highest BCUT2D eigenvalue weighted by Gasteiger charge is 2.25. The lowest BCUT2D eigenvalue weighted by molar-refractivity contribution is 0.104. The van der Waals surface area contributed by atoms with E-state index >= 15 is 0 Å². The number of ketones is 1. The molecule has 20 heavy (non-hydrogen) atoms. The quantitative estimate of drug-likeness (QED) is 0.833. The van der Waals surface area contributed by atoms with Crippen molar-refractivity contribution in [3.05, 3.63) is 64.7 Å². The summed E-state index contributed by atoms with van der Waals surface area (Å²) in [5.41, 5.74) is 3.53. The Morgan fingerprint density at radius 3 is 2.45 bits per heavy atom. The van der Waals surface area contributed by atoms with Gasteiger partial charge in [0.1, 0.15) is 11.5 Å². The molecule has 0 spiro atoms. The van der Waals surface area contributed by atoms with Crippen LogP contribution < -0.4 is 0 Å². The Morgan fingerprint density at radius 1 is 1.05 bits per heavy atom. The lowest BCUT2D eigenvalue weighted by atomic mass is 9.84. The van der Waals surface area contributed by atoms with E-state index in [1.165, 1.54) is 6.07 Å². The third-order valence-electron chi connectivity index (χ3n) is 3.73. The number of benzene rings is 2. The summed E-state index contributed by atoms with van der Waals surface area (Å²) in [7, 11) is 0. The van der Waals surface area contributed by atoms with E-state index < -0.39 is 0 Å². The molecule has 0 heterocycles. The summed E-state index contributed by atoms with van der Waals surface area (Å²) in [6, 6.07) is 10.9. The molecule has 3 rings (SSSR count). The first-order chi connectivity index (χ1) is 9.58. The fourth-order valence-electron chi connectivity index (χ4n) is 2.61. The number of hydrogen-bond donors (Lipinski definition) is 2. The molecule has 2 aromatic rings. The van der Waals surface area contributed by atoms with Crippen LogP contribution in [-0.4, -0.2) is 16.0 Å². The summed E-state index contributed by atoms with van der Waals surface area (Å²) in [4.78, 5) is 12.2. The van der Waals surface area contributed by atoms with E-state index in [4.69, 9.17) is 0 Å². The number of phenolic OH excluding ortho intramolecular Hbond substituents is 2. The summed E-state index contributed by atoms with van der Waals surface area (Å²) >= 11 is 0. The van der Waals surface area contributed by atoms with Crippen molar-refractivity contribution >= 4 is 11.4 Å². The van der Waals surface area contributed by atoms with Gasteiger partial charge in [-0.15, -0.1) is 0 Å². The number of aromatic hydroxyl groups is 2. The molecule has 0 saturated carbocycles. The number of carbonyl (C=O) groups excluding carboxylic acids is 1. The van der Waals surface area contributed by atoms with Crippen LogP contribution in [0.2, 0.25) is 0 Å². The predicted octanol–water partition coefficient (Wildman–Crippen LogP) is 3.23. The SMILES string of the molecule is Cc1c(O)cc(O)c2c1CC(c1ccccc1)=CC2=O. The van der Waals surface area contributed by atoms with Gasteiger partial charge < -0.3 is 10.2 Å². The van der Waals surface area contributed by atoms with Crippen molar-refractivity contribution in [1.29, 1.82) is 0 Å². The van der Waals surface area contributed by atoms with Gasteiger partial charge in [-0.1, -0.05) is 30.3 Å². The summed E-state index contributed by atoms with van der Waals surface area (Å²) in [6.45, 7) is 1.76. The molecule has 3 heteroatoms. The predicted molar refractivity (Wildman–Crippen MR) is 77.0 cm³/mol. The maximum absolute atomic E-state index is 12.2. The molecule has 0 atom stereocenters. The second-order valence-corrected chi connectivity index (χ2v) is 4.97. The van der Waals surface area contributed by atoms with Gasteiger partial charge in [0, 0.05) is 6.07 Å². The molecule has 0 unspecified atom stereocenters. The first-order valence-corrected chi connectivity index (χ1v) is 6.42. The molecule has 0 aliphatic heterocycles. The summed E-state index contributed by atoms with van der Waals surface area (Å²) in [5.74, 6) is -0.356. The minimum atomic E-state index is -0.217. The van der Waals surface area contributed by atoms with Crippen LogP contribution in [0, 0.1) is 6.92 Å². The van der Waals surface area contributed by atoms with Gasteiger partial charge >= 0.3 is 0 Å². The Hall–Kier alpha value is -2.55. The van der Waals surface area contributed by atoms with E-state index in [0.717, 1.165) is 11.1 Å². The van der Waals surface area contributed by atoms with Crippen LogP contribution in [0.4, 0.5) is 0 Å². The van der Waals surface area contributed by atoms with Gasteiger partial charge in [-0.25, -0.2) is 0 Å². The molecule has 0 radical (unpaired) electrons. The van der Waals surface area contributed by atoms with Gasteiger partial charge in [0.25, 0.3) is 0 Å². The number of hydrogen-bond acceptors (Lipinski definition) is 3. The first kappa shape index (κ1) is 12.5. The van der Waals surface area contributed by atoms with Crippen molar-refractivity contribution in [1.82, 2.24) is 0 Å². The molecule has 2 N–H and O–H groups in total. The zero-order valence-corrected chi connectivity index (χ0v) is 11.1. The zero-order valence-electron chi connectivity index (χ0n) is 11.1. The first-order valence-electron chi connectivity index (χ1n) is 6.42. The van der Waals surface area contributed by atoms with Gasteiger partial charge in [-0.3, -0.25) is 4.79 Å². The van der Waals surface area contributed by atoms with Crippen LogP contribution in [0.3, 0.4) is 0 Å². The van der Waals surface area contributed by atoms with E-state index in [0.29, 0.717) is 23.1 Å². The number of rotatable bonds is 1. The van der Waals surface area contributed by atoms with Crippen molar-refractivity contribution in [2.24, 2.45) is 0 Å². The van der Waals surface area contributed by atoms with Crippen molar-refractivity contribution in [3.63, 3.8) is 0 Å². The lowest BCUT2D eigenvalue weighted by Crippen LogP contribution is -2.11. The fraction of sp³-hybridized carbons (Fsp3) is 0.118. The van der Waals surface area contributed by atoms with Crippen molar-refractivity contribution in [3.8, 4) is 11.5 Å². The smallest absolute Gasteiger partial charge is 0.190 e. The van der Waals surface area contributed by atoms with Crippen molar-refractivity contribution in [2.75, 3.05) is 0 Å². The molecular weight excluding hydrogens is 252 g/mol. The highest BCUT2D eigenvalue weighted by atomic mass is 16.3. The average Bonchev–Trinajstić information content (AvgIpc) is 2.45. The van der Waals surface area contributed by atoms with Gasteiger partial charge in [0.15, 0.2) is 5.78 Å². The van der Waals surface area contributed by atoms with Gasteiger partial charge in [-0.2, -0.15) is 0 Å². The zero-order chi connectivity index (χ0) is 14.3. The van der Waals surface area contributed by atoms with Crippen molar-refractivity contribution in [2.45, 2.75) is 13.3 Å². The monoisotopic (exact) mass is 266 g/mol. The molecule has 0 amide bonds. The molecule has 0 fully saturated rings. The molecular formula is C17H14O3. The molecule has 1 aliphatic rings. The topological polar surface area (TPSA) is 57.5 Å². The largest absolute Gasteiger partial charge is 0.508 e.